The molecule has 1 N–H and O–H groups in total. The van der Waals surface area contributed by atoms with E-state index >= 15 is 0 Å². The van der Waals surface area contributed by atoms with Crippen molar-refractivity contribution < 1.29 is 13.2 Å². The molecule has 0 spiro atoms. The van der Waals surface area contributed by atoms with E-state index < -0.39 is 10.0 Å². The number of nitrogens with one attached hydrogen (secondary N) is 1. The Bertz CT molecular complexity index is 1120. The van der Waals surface area contributed by atoms with Crippen molar-refractivity contribution in [3.05, 3.63) is 65.4 Å². The van der Waals surface area contributed by atoms with Crippen LogP contribution >= 0.6 is 0 Å². The molecule has 0 bridgehead atoms. The van der Waals surface area contributed by atoms with E-state index in [1.165, 1.54) is 26.2 Å². The van der Waals surface area contributed by atoms with E-state index in [0.717, 1.165) is 20.8 Å². The minimum absolute atomic E-state index is 0.171. The molecule has 2 aromatic carbocycles. The van der Waals surface area contributed by atoms with E-state index in [1.807, 2.05) is 31.2 Å². The van der Waals surface area contributed by atoms with E-state index in [9.17, 15) is 13.2 Å². The highest BCUT2D eigenvalue weighted by Crippen LogP contribution is 2.21. The van der Waals surface area contributed by atoms with Crippen LogP contribution in [-0.2, 0) is 10.0 Å². The van der Waals surface area contributed by atoms with Gasteiger partial charge >= 0.3 is 0 Å². The molecule has 0 aliphatic rings. The number of hydrogen-bond donors (Lipinski definition) is 1. The number of benzene rings is 2. The van der Waals surface area contributed by atoms with Gasteiger partial charge in [-0.25, -0.2) is 12.7 Å². The van der Waals surface area contributed by atoms with E-state index in [2.05, 4.69) is 10.3 Å². The maximum absolute atomic E-state index is 12.7. The minimum Gasteiger partial charge on any atom is -0.322 e. The molecule has 0 radical (unpaired) electrons. The van der Waals surface area contributed by atoms with Crippen LogP contribution in [0.25, 0.3) is 10.9 Å². The molecule has 0 aliphatic heterocycles. The average Bonchev–Trinajstić information content (AvgIpc) is 2.61. The zero-order valence-corrected chi connectivity index (χ0v) is 16.5. The molecular formula is C20H21N3O3S. The summed E-state index contributed by atoms with van der Waals surface area (Å²) in [5.41, 5.74) is 3.57. The molecule has 1 aromatic heterocycles. The zero-order chi connectivity index (χ0) is 19.8. The van der Waals surface area contributed by atoms with Crippen LogP contribution in [0.4, 0.5) is 5.69 Å². The molecule has 140 valence electrons. The van der Waals surface area contributed by atoms with Crippen LogP contribution in [0, 0.1) is 13.8 Å². The summed E-state index contributed by atoms with van der Waals surface area (Å²) in [5.74, 6) is -0.286. The lowest BCUT2D eigenvalue weighted by Crippen LogP contribution is -2.22. The number of sulfonamides is 1. The molecule has 0 saturated heterocycles. The summed E-state index contributed by atoms with van der Waals surface area (Å²) in [6, 6.07) is 13.8. The SMILES string of the molecule is Cc1ccc2nc(C)c(C(=O)Nc3ccc(S(=O)(=O)N(C)C)cc3)cc2c1. The first-order valence-electron chi connectivity index (χ1n) is 8.40. The molecular weight excluding hydrogens is 362 g/mol. The standard InChI is InChI=1S/C20H21N3O3S/c1-13-5-10-19-15(11-13)12-18(14(2)21-19)20(24)22-16-6-8-17(9-7-16)27(25,26)23(3)4/h5-12H,1-4H3,(H,22,24). The maximum Gasteiger partial charge on any atom is 0.257 e. The Labute approximate surface area is 158 Å². The molecule has 6 nitrogen and oxygen atoms in total. The van der Waals surface area contributed by atoms with Crippen LogP contribution in [0.5, 0.6) is 0 Å². The second-order valence-corrected chi connectivity index (χ2v) is 8.74. The second kappa shape index (κ2) is 7.09. The number of anilines is 1. The molecule has 0 atom stereocenters. The topological polar surface area (TPSA) is 79.4 Å². The summed E-state index contributed by atoms with van der Waals surface area (Å²) in [5, 5.41) is 3.70. The Balaban J connectivity index is 1.87. The third-order valence-electron chi connectivity index (χ3n) is 4.30. The van der Waals surface area contributed by atoms with Gasteiger partial charge in [-0.15, -0.1) is 0 Å². The molecule has 27 heavy (non-hydrogen) atoms. The number of aromatic nitrogens is 1. The minimum atomic E-state index is -3.50. The number of aryl methyl sites for hydroxylation is 2. The number of pyridine rings is 1. The van der Waals surface area contributed by atoms with Gasteiger partial charge in [-0.2, -0.15) is 0 Å². The first-order chi connectivity index (χ1) is 12.7. The van der Waals surface area contributed by atoms with Gasteiger partial charge in [-0.3, -0.25) is 9.78 Å². The molecule has 0 fully saturated rings. The Morgan fingerprint density at radius 1 is 1.00 bits per heavy atom. The van der Waals surface area contributed by atoms with Crippen molar-refractivity contribution in [3.63, 3.8) is 0 Å². The van der Waals surface area contributed by atoms with Crippen LogP contribution in [0.15, 0.2) is 53.4 Å². The fourth-order valence-electron chi connectivity index (χ4n) is 2.74. The van der Waals surface area contributed by atoms with Gasteiger partial charge in [-0.05, 0) is 56.3 Å². The maximum atomic E-state index is 12.7. The first-order valence-corrected chi connectivity index (χ1v) is 9.84. The van der Waals surface area contributed by atoms with Crippen LogP contribution in [0.2, 0.25) is 0 Å². The third kappa shape index (κ3) is 3.84. The number of carbonyl (C=O) groups excluding carboxylic acids is 1. The van der Waals surface area contributed by atoms with Crippen molar-refractivity contribution in [3.8, 4) is 0 Å². The summed E-state index contributed by atoms with van der Waals surface area (Å²) in [4.78, 5) is 17.3. The van der Waals surface area contributed by atoms with Crippen LogP contribution < -0.4 is 5.32 Å². The van der Waals surface area contributed by atoms with Crippen molar-refractivity contribution in [1.29, 1.82) is 0 Å². The van der Waals surface area contributed by atoms with Gasteiger partial charge in [0, 0.05) is 25.2 Å². The van der Waals surface area contributed by atoms with Crippen molar-refractivity contribution in [2.75, 3.05) is 19.4 Å². The fraction of sp³-hybridized carbons (Fsp3) is 0.200. The van der Waals surface area contributed by atoms with Crippen LogP contribution in [0.1, 0.15) is 21.6 Å². The number of amides is 1. The van der Waals surface area contributed by atoms with Gasteiger partial charge in [0.2, 0.25) is 10.0 Å². The first kappa shape index (κ1) is 19.0. The highest BCUT2D eigenvalue weighted by Gasteiger charge is 2.17. The van der Waals surface area contributed by atoms with Crippen LogP contribution in [0.3, 0.4) is 0 Å². The monoisotopic (exact) mass is 383 g/mol. The number of fused-ring (bicyclic) bond motifs is 1. The van der Waals surface area contributed by atoms with Crippen molar-refractivity contribution in [2.24, 2.45) is 0 Å². The van der Waals surface area contributed by atoms with Crippen molar-refractivity contribution in [2.45, 2.75) is 18.7 Å². The Morgan fingerprint density at radius 3 is 2.30 bits per heavy atom. The fourth-order valence-corrected chi connectivity index (χ4v) is 3.64. The Morgan fingerprint density at radius 2 is 1.67 bits per heavy atom. The normalized spacial score (nSPS) is 11.7. The van der Waals surface area contributed by atoms with E-state index in [1.54, 1.807) is 19.1 Å². The zero-order valence-electron chi connectivity index (χ0n) is 15.6. The Kier molecular flexibility index (Phi) is 4.99. The molecule has 1 amide bonds. The summed E-state index contributed by atoms with van der Waals surface area (Å²) < 4.78 is 25.4. The molecule has 0 aliphatic carbocycles. The van der Waals surface area contributed by atoms with Gasteiger partial charge in [-0.1, -0.05) is 11.6 Å². The summed E-state index contributed by atoms with van der Waals surface area (Å²) >= 11 is 0. The summed E-state index contributed by atoms with van der Waals surface area (Å²) in [6.45, 7) is 3.78. The highest BCUT2D eigenvalue weighted by molar-refractivity contribution is 7.89. The number of carbonyl (C=O) groups is 1. The lowest BCUT2D eigenvalue weighted by atomic mass is 10.1. The van der Waals surface area contributed by atoms with Gasteiger partial charge in [0.1, 0.15) is 0 Å². The molecule has 1 heterocycles. The quantitative estimate of drug-likeness (QED) is 0.749. The molecule has 7 heteroatoms. The van der Waals surface area contributed by atoms with E-state index in [4.69, 9.17) is 0 Å². The van der Waals surface area contributed by atoms with E-state index in [0.29, 0.717) is 16.9 Å². The predicted octanol–water partition coefficient (Wildman–Crippen LogP) is 3.35. The van der Waals surface area contributed by atoms with Gasteiger partial charge < -0.3 is 5.32 Å². The van der Waals surface area contributed by atoms with E-state index in [-0.39, 0.29) is 10.8 Å². The number of nitrogens with zero attached hydrogens (tertiary/aromatic N) is 2. The summed E-state index contributed by atoms with van der Waals surface area (Å²) in [7, 11) is -0.550. The Hall–Kier alpha value is -2.77. The van der Waals surface area contributed by atoms with Crippen molar-refractivity contribution >= 4 is 32.5 Å². The molecule has 0 saturated carbocycles. The van der Waals surface area contributed by atoms with Gasteiger partial charge in [0.25, 0.3) is 5.91 Å². The largest absolute Gasteiger partial charge is 0.322 e. The lowest BCUT2D eigenvalue weighted by molar-refractivity contribution is 0.102. The lowest BCUT2D eigenvalue weighted by Gasteiger charge is -2.12. The summed E-state index contributed by atoms with van der Waals surface area (Å²) in [6.07, 6.45) is 0. The number of hydrogen-bond acceptors (Lipinski definition) is 4. The van der Waals surface area contributed by atoms with Crippen LogP contribution in [-0.4, -0.2) is 37.7 Å². The molecule has 3 aromatic rings. The third-order valence-corrected chi connectivity index (χ3v) is 6.13. The molecule has 0 unspecified atom stereocenters. The smallest absolute Gasteiger partial charge is 0.257 e. The van der Waals surface area contributed by atoms with Crippen molar-refractivity contribution in [1.82, 2.24) is 9.29 Å². The highest BCUT2D eigenvalue weighted by atomic mass is 32.2. The van der Waals surface area contributed by atoms with Gasteiger partial charge in [0.05, 0.1) is 21.7 Å². The average molecular weight is 383 g/mol. The molecule has 3 rings (SSSR count). The predicted molar refractivity (Wildman–Crippen MR) is 106 cm³/mol. The number of rotatable bonds is 4. The van der Waals surface area contributed by atoms with Gasteiger partial charge in [0.15, 0.2) is 0 Å². The second-order valence-electron chi connectivity index (χ2n) is 6.58.